The molecule has 0 radical (unpaired) electrons. The zero-order valence-corrected chi connectivity index (χ0v) is 13.5. The highest BCUT2D eigenvalue weighted by Gasteiger charge is 2.31. The third kappa shape index (κ3) is 3.42. The number of hydrogen-bond donors (Lipinski definition) is 1. The molecule has 1 N–H and O–H groups in total. The number of nitrogens with zero attached hydrogens (tertiary/aromatic N) is 1. The molecule has 1 aromatic rings. The fourth-order valence-corrected chi connectivity index (χ4v) is 3.77. The zero-order chi connectivity index (χ0) is 14.5. The summed E-state index contributed by atoms with van der Waals surface area (Å²) in [6.45, 7) is 8.29. The van der Waals surface area contributed by atoms with E-state index in [-0.39, 0.29) is 0 Å². The van der Waals surface area contributed by atoms with E-state index in [2.05, 4.69) is 68.4 Å². The first-order valence-corrected chi connectivity index (χ1v) is 8.15. The molecule has 2 nitrogen and oxygen atoms in total. The van der Waals surface area contributed by atoms with Gasteiger partial charge in [0.05, 0.1) is 0 Å². The fourth-order valence-electron chi connectivity index (χ4n) is 3.77. The van der Waals surface area contributed by atoms with Crippen molar-refractivity contribution in [3.05, 3.63) is 35.9 Å². The van der Waals surface area contributed by atoms with Crippen LogP contribution < -0.4 is 5.32 Å². The second kappa shape index (κ2) is 7.24. The van der Waals surface area contributed by atoms with E-state index in [4.69, 9.17) is 0 Å². The minimum Gasteiger partial charge on any atom is -0.313 e. The molecule has 1 aliphatic rings. The van der Waals surface area contributed by atoms with Crippen molar-refractivity contribution in [2.75, 3.05) is 13.6 Å². The molecular formula is C18H30N2. The van der Waals surface area contributed by atoms with Crippen LogP contribution in [0.3, 0.4) is 0 Å². The zero-order valence-electron chi connectivity index (χ0n) is 13.5. The highest BCUT2D eigenvalue weighted by Crippen LogP contribution is 2.30. The van der Waals surface area contributed by atoms with E-state index < -0.39 is 0 Å². The van der Waals surface area contributed by atoms with E-state index in [1.54, 1.807) is 0 Å². The first-order valence-electron chi connectivity index (χ1n) is 8.15. The van der Waals surface area contributed by atoms with Crippen molar-refractivity contribution < 1.29 is 0 Å². The lowest BCUT2D eigenvalue weighted by atomic mass is 9.93. The Hall–Kier alpha value is -0.860. The lowest BCUT2D eigenvalue weighted by Crippen LogP contribution is -2.40. The van der Waals surface area contributed by atoms with Gasteiger partial charge in [-0.2, -0.15) is 0 Å². The summed E-state index contributed by atoms with van der Waals surface area (Å²) in [5, 5.41) is 3.51. The van der Waals surface area contributed by atoms with Crippen molar-refractivity contribution in [2.45, 2.75) is 58.2 Å². The lowest BCUT2D eigenvalue weighted by molar-refractivity contribution is 0.157. The maximum atomic E-state index is 3.51. The van der Waals surface area contributed by atoms with Gasteiger partial charge in [0.1, 0.15) is 0 Å². The Balaban J connectivity index is 2.04. The summed E-state index contributed by atoms with van der Waals surface area (Å²) in [5.74, 6) is 0.622. The molecule has 4 atom stereocenters. The normalized spacial score (nSPS) is 26.6. The first kappa shape index (κ1) is 15.5. The van der Waals surface area contributed by atoms with E-state index in [0.717, 1.165) is 12.1 Å². The van der Waals surface area contributed by atoms with Crippen LogP contribution in [-0.4, -0.2) is 30.6 Å². The first-order chi connectivity index (χ1) is 9.67. The van der Waals surface area contributed by atoms with Crippen molar-refractivity contribution in [2.24, 2.45) is 5.92 Å². The summed E-state index contributed by atoms with van der Waals surface area (Å²) in [5.41, 5.74) is 1.40. The summed E-state index contributed by atoms with van der Waals surface area (Å²) < 4.78 is 0. The maximum Gasteiger partial charge on any atom is 0.0355 e. The van der Waals surface area contributed by atoms with Gasteiger partial charge in [-0.1, -0.05) is 44.2 Å². The Bertz CT molecular complexity index is 390. The van der Waals surface area contributed by atoms with E-state index in [0.29, 0.717) is 12.0 Å². The molecule has 0 saturated carbocycles. The Morgan fingerprint density at radius 2 is 1.95 bits per heavy atom. The molecule has 2 rings (SSSR count). The predicted molar refractivity (Wildman–Crippen MR) is 86.9 cm³/mol. The molecule has 0 spiro atoms. The molecule has 1 heterocycles. The van der Waals surface area contributed by atoms with E-state index in [1.807, 2.05) is 0 Å². The molecule has 1 aromatic carbocycles. The second-order valence-corrected chi connectivity index (χ2v) is 6.34. The Labute approximate surface area is 124 Å². The Morgan fingerprint density at radius 3 is 2.55 bits per heavy atom. The Morgan fingerprint density at radius 1 is 1.25 bits per heavy atom. The van der Waals surface area contributed by atoms with Crippen LogP contribution in [0.4, 0.5) is 0 Å². The van der Waals surface area contributed by atoms with Crippen molar-refractivity contribution in [1.29, 1.82) is 0 Å². The van der Waals surface area contributed by atoms with Crippen molar-refractivity contribution in [3.8, 4) is 0 Å². The Kier molecular flexibility index (Phi) is 5.62. The minimum atomic E-state index is 0.446. The molecule has 0 aromatic heterocycles. The van der Waals surface area contributed by atoms with E-state index in [9.17, 15) is 0 Å². The number of rotatable bonds is 6. The average molecular weight is 274 g/mol. The molecule has 1 fully saturated rings. The van der Waals surface area contributed by atoms with Gasteiger partial charge in [0.2, 0.25) is 0 Å². The molecule has 112 valence electrons. The summed E-state index contributed by atoms with van der Waals surface area (Å²) in [4.78, 5) is 2.73. The number of benzene rings is 1. The summed E-state index contributed by atoms with van der Waals surface area (Å²) >= 11 is 0. The van der Waals surface area contributed by atoms with Gasteiger partial charge >= 0.3 is 0 Å². The van der Waals surface area contributed by atoms with Crippen LogP contribution in [0.2, 0.25) is 0 Å². The van der Waals surface area contributed by atoms with Crippen LogP contribution in [-0.2, 0) is 0 Å². The fraction of sp³-hybridized carbons (Fsp3) is 0.667. The highest BCUT2D eigenvalue weighted by molar-refractivity contribution is 5.19. The van der Waals surface area contributed by atoms with Crippen LogP contribution >= 0.6 is 0 Å². The molecule has 4 unspecified atom stereocenters. The molecule has 20 heavy (non-hydrogen) atoms. The molecule has 1 saturated heterocycles. The third-order valence-electron chi connectivity index (χ3n) is 4.96. The number of likely N-dealkylation sites (tertiary alicyclic amines) is 1. The molecule has 0 amide bonds. The summed E-state index contributed by atoms with van der Waals surface area (Å²) in [6.07, 6.45) is 4.02. The standard InChI is InChI=1S/C18H30N2/c1-5-17-12-11-15(3)20(17)13-14(2)18(19-4)16-9-7-6-8-10-16/h6-10,14-15,17-19H,5,11-13H2,1-4H3. The minimum absolute atomic E-state index is 0.446. The smallest absolute Gasteiger partial charge is 0.0355 e. The molecule has 0 bridgehead atoms. The van der Waals surface area contributed by atoms with Crippen LogP contribution in [0.1, 0.15) is 51.6 Å². The van der Waals surface area contributed by atoms with Crippen LogP contribution in [0, 0.1) is 5.92 Å². The van der Waals surface area contributed by atoms with E-state index in [1.165, 1.54) is 31.4 Å². The summed E-state index contributed by atoms with van der Waals surface area (Å²) in [6, 6.07) is 12.8. The quantitative estimate of drug-likeness (QED) is 0.847. The van der Waals surface area contributed by atoms with Gasteiger partial charge in [-0.15, -0.1) is 0 Å². The third-order valence-corrected chi connectivity index (χ3v) is 4.96. The van der Waals surface area contributed by atoms with Crippen molar-refractivity contribution in [1.82, 2.24) is 10.2 Å². The van der Waals surface area contributed by atoms with Gasteiger partial charge in [0.25, 0.3) is 0 Å². The molecule has 2 heteroatoms. The van der Waals surface area contributed by atoms with Crippen LogP contribution in [0.15, 0.2) is 30.3 Å². The van der Waals surface area contributed by atoms with Gasteiger partial charge in [0.15, 0.2) is 0 Å². The van der Waals surface area contributed by atoms with Crippen LogP contribution in [0.25, 0.3) is 0 Å². The van der Waals surface area contributed by atoms with Crippen molar-refractivity contribution in [3.63, 3.8) is 0 Å². The predicted octanol–water partition coefficient (Wildman–Crippen LogP) is 3.85. The van der Waals surface area contributed by atoms with Gasteiger partial charge in [-0.05, 0) is 44.7 Å². The van der Waals surface area contributed by atoms with Gasteiger partial charge in [-0.25, -0.2) is 0 Å². The lowest BCUT2D eigenvalue weighted by Gasteiger charge is -2.34. The highest BCUT2D eigenvalue weighted by atomic mass is 15.2. The summed E-state index contributed by atoms with van der Waals surface area (Å²) in [7, 11) is 2.08. The number of nitrogens with one attached hydrogen (secondary N) is 1. The van der Waals surface area contributed by atoms with Gasteiger partial charge in [-0.3, -0.25) is 4.90 Å². The molecule has 0 aliphatic carbocycles. The monoisotopic (exact) mass is 274 g/mol. The van der Waals surface area contributed by atoms with Gasteiger partial charge in [0, 0.05) is 24.7 Å². The van der Waals surface area contributed by atoms with E-state index >= 15 is 0 Å². The maximum absolute atomic E-state index is 3.51. The van der Waals surface area contributed by atoms with Gasteiger partial charge < -0.3 is 5.32 Å². The topological polar surface area (TPSA) is 15.3 Å². The second-order valence-electron chi connectivity index (χ2n) is 6.34. The van der Waals surface area contributed by atoms with Crippen LogP contribution in [0.5, 0.6) is 0 Å². The molecule has 1 aliphatic heterocycles. The SMILES string of the molecule is CCC1CCC(C)N1CC(C)C(NC)c1ccccc1. The average Bonchev–Trinajstić information content (AvgIpc) is 2.81. The van der Waals surface area contributed by atoms with Crippen molar-refractivity contribution >= 4 is 0 Å². The largest absolute Gasteiger partial charge is 0.313 e. The number of hydrogen-bond acceptors (Lipinski definition) is 2. The molecular weight excluding hydrogens is 244 g/mol.